The molecule has 112 valence electrons. The van der Waals surface area contributed by atoms with Crippen LogP contribution < -0.4 is 0 Å². The van der Waals surface area contributed by atoms with Gasteiger partial charge >= 0.3 is 5.97 Å². The first kappa shape index (κ1) is 14.9. The number of aliphatic hydroxyl groups is 1. The van der Waals surface area contributed by atoms with E-state index in [1.165, 1.54) is 11.2 Å². The Kier molecular flexibility index (Phi) is 4.11. The molecular weight excluding hydrogens is 286 g/mol. The fraction of sp³-hybridized carbons (Fsp3) is 0.636. The van der Waals surface area contributed by atoms with Crippen LogP contribution in [0, 0.1) is 12.8 Å². The van der Waals surface area contributed by atoms with Crippen molar-refractivity contribution in [3.8, 4) is 0 Å². The number of sulfonamides is 1. The average Bonchev–Trinajstić information content (AvgIpc) is 2.96. The molecule has 1 aliphatic rings. The standard InChI is InChI=1S/C11H17N3O5S/c1-7-10(9(11(16)17)13-12-7)20(18,19)14-4-2-8(6-14)3-5-15/h8,15H,2-6H2,1H3,(H,12,13)(H,16,17). The summed E-state index contributed by atoms with van der Waals surface area (Å²) in [5, 5.41) is 23.9. The van der Waals surface area contributed by atoms with Gasteiger partial charge in [0.05, 0.1) is 5.69 Å². The van der Waals surface area contributed by atoms with Gasteiger partial charge in [-0.15, -0.1) is 0 Å². The van der Waals surface area contributed by atoms with Gasteiger partial charge in [0.15, 0.2) is 5.69 Å². The zero-order chi connectivity index (χ0) is 14.9. The number of carboxylic acids is 1. The maximum absolute atomic E-state index is 12.5. The largest absolute Gasteiger partial charge is 0.476 e. The van der Waals surface area contributed by atoms with Crippen molar-refractivity contribution in [3.63, 3.8) is 0 Å². The van der Waals surface area contributed by atoms with Gasteiger partial charge in [0.1, 0.15) is 4.90 Å². The van der Waals surface area contributed by atoms with Crippen LogP contribution in [0.15, 0.2) is 4.90 Å². The highest BCUT2D eigenvalue weighted by atomic mass is 32.2. The van der Waals surface area contributed by atoms with E-state index in [0.717, 1.165) is 0 Å². The van der Waals surface area contributed by atoms with E-state index >= 15 is 0 Å². The van der Waals surface area contributed by atoms with Crippen molar-refractivity contribution in [1.29, 1.82) is 0 Å². The summed E-state index contributed by atoms with van der Waals surface area (Å²) in [5.74, 6) is -1.27. The molecule has 1 aliphatic heterocycles. The number of aromatic nitrogens is 2. The number of nitrogens with zero attached hydrogens (tertiary/aromatic N) is 2. The van der Waals surface area contributed by atoms with Gasteiger partial charge in [0.25, 0.3) is 0 Å². The number of rotatable bonds is 5. The van der Waals surface area contributed by atoms with Crippen molar-refractivity contribution < 1.29 is 23.4 Å². The quantitative estimate of drug-likeness (QED) is 0.692. The van der Waals surface area contributed by atoms with E-state index < -0.39 is 21.7 Å². The lowest BCUT2D eigenvalue weighted by Crippen LogP contribution is -2.30. The molecule has 9 heteroatoms. The minimum atomic E-state index is -3.88. The summed E-state index contributed by atoms with van der Waals surface area (Å²) in [5.41, 5.74) is -0.263. The first-order valence-electron chi connectivity index (χ1n) is 6.27. The molecule has 2 heterocycles. The Hall–Kier alpha value is -1.45. The molecule has 0 spiro atoms. The molecule has 0 aliphatic carbocycles. The van der Waals surface area contributed by atoms with E-state index in [1.807, 2.05) is 0 Å². The molecule has 1 aromatic heterocycles. The van der Waals surface area contributed by atoms with Crippen LogP contribution in [-0.2, 0) is 10.0 Å². The zero-order valence-electron chi connectivity index (χ0n) is 11.0. The molecule has 0 amide bonds. The molecule has 2 rings (SSSR count). The van der Waals surface area contributed by atoms with Crippen molar-refractivity contribution in [2.45, 2.75) is 24.7 Å². The van der Waals surface area contributed by atoms with Crippen molar-refractivity contribution >= 4 is 16.0 Å². The first-order chi connectivity index (χ1) is 9.37. The Morgan fingerprint density at radius 2 is 2.25 bits per heavy atom. The number of aryl methyl sites for hydroxylation is 1. The van der Waals surface area contributed by atoms with Gasteiger partial charge < -0.3 is 10.2 Å². The second-order valence-corrected chi connectivity index (χ2v) is 6.74. The molecule has 0 saturated carbocycles. The maximum Gasteiger partial charge on any atom is 0.357 e. The highest BCUT2D eigenvalue weighted by Gasteiger charge is 2.37. The lowest BCUT2D eigenvalue weighted by molar-refractivity contribution is 0.0686. The normalized spacial score (nSPS) is 20.4. The van der Waals surface area contributed by atoms with Crippen LogP contribution in [0.1, 0.15) is 29.0 Å². The topological polar surface area (TPSA) is 124 Å². The van der Waals surface area contributed by atoms with Crippen LogP contribution in [0.3, 0.4) is 0 Å². The number of H-pyrrole nitrogens is 1. The van der Waals surface area contributed by atoms with Crippen molar-refractivity contribution in [2.75, 3.05) is 19.7 Å². The number of hydrogen-bond acceptors (Lipinski definition) is 5. The van der Waals surface area contributed by atoms with E-state index in [9.17, 15) is 13.2 Å². The Labute approximate surface area is 116 Å². The summed E-state index contributed by atoms with van der Waals surface area (Å²) in [6.07, 6.45) is 1.21. The van der Waals surface area contributed by atoms with Gasteiger partial charge in [-0.05, 0) is 25.7 Å². The highest BCUT2D eigenvalue weighted by Crippen LogP contribution is 2.28. The fourth-order valence-corrected chi connectivity index (χ4v) is 4.26. The smallest absolute Gasteiger partial charge is 0.357 e. The predicted molar refractivity (Wildman–Crippen MR) is 68.9 cm³/mol. The lowest BCUT2D eigenvalue weighted by Gasteiger charge is -2.16. The summed E-state index contributed by atoms with van der Waals surface area (Å²) in [6.45, 7) is 2.13. The number of carboxylic acid groups (broad SMARTS) is 1. The summed E-state index contributed by atoms with van der Waals surface area (Å²) in [4.78, 5) is 10.8. The van der Waals surface area contributed by atoms with Gasteiger partial charge in [0.2, 0.25) is 10.0 Å². The Bertz CT molecular complexity index is 610. The van der Waals surface area contributed by atoms with Gasteiger partial charge in [0, 0.05) is 19.7 Å². The van der Waals surface area contributed by atoms with Crippen LogP contribution in [0.5, 0.6) is 0 Å². The van der Waals surface area contributed by atoms with Crippen LogP contribution >= 0.6 is 0 Å². The van der Waals surface area contributed by atoms with Gasteiger partial charge in [-0.1, -0.05) is 0 Å². The molecule has 1 aromatic rings. The van der Waals surface area contributed by atoms with Gasteiger partial charge in [-0.2, -0.15) is 9.40 Å². The van der Waals surface area contributed by atoms with Crippen LogP contribution in [0.25, 0.3) is 0 Å². The second kappa shape index (κ2) is 5.51. The number of carbonyl (C=O) groups is 1. The molecule has 0 bridgehead atoms. The van der Waals surface area contributed by atoms with Crippen molar-refractivity contribution in [3.05, 3.63) is 11.4 Å². The summed E-state index contributed by atoms with van der Waals surface area (Å²) >= 11 is 0. The Morgan fingerprint density at radius 3 is 2.85 bits per heavy atom. The van der Waals surface area contributed by atoms with E-state index in [4.69, 9.17) is 10.2 Å². The first-order valence-corrected chi connectivity index (χ1v) is 7.71. The predicted octanol–water partition coefficient (Wildman–Crippen LogP) is -0.191. The SMILES string of the molecule is Cc1[nH]nc(C(=O)O)c1S(=O)(=O)N1CCC(CCO)C1. The van der Waals surface area contributed by atoms with E-state index in [1.54, 1.807) is 0 Å². The number of hydrogen-bond donors (Lipinski definition) is 3. The summed E-state index contributed by atoms with van der Waals surface area (Å²) in [6, 6.07) is 0. The van der Waals surface area contributed by atoms with E-state index in [-0.39, 0.29) is 23.1 Å². The molecule has 0 radical (unpaired) electrons. The summed E-state index contributed by atoms with van der Waals surface area (Å²) in [7, 11) is -3.88. The fourth-order valence-electron chi connectivity index (χ4n) is 2.44. The minimum absolute atomic E-state index is 0.0175. The third-order valence-electron chi connectivity index (χ3n) is 3.48. The average molecular weight is 303 g/mol. The number of nitrogens with one attached hydrogen (secondary N) is 1. The molecule has 1 unspecified atom stereocenters. The van der Waals surface area contributed by atoms with E-state index in [2.05, 4.69) is 10.2 Å². The Balaban J connectivity index is 2.32. The second-order valence-electron chi connectivity index (χ2n) is 4.86. The molecule has 0 aromatic carbocycles. The third kappa shape index (κ3) is 2.56. The molecule has 8 nitrogen and oxygen atoms in total. The molecule has 1 atom stereocenters. The molecule has 3 N–H and O–H groups in total. The molecule has 1 fully saturated rings. The van der Waals surface area contributed by atoms with Crippen molar-refractivity contribution in [1.82, 2.24) is 14.5 Å². The summed E-state index contributed by atoms with van der Waals surface area (Å²) < 4.78 is 26.3. The molecule has 1 saturated heterocycles. The zero-order valence-corrected chi connectivity index (χ0v) is 11.9. The Morgan fingerprint density at radius 1 is 1.55 bits per heavy atom. The maximum atomic E-state index is 12.5. The van der Waals surface area contributed by atoms with Crippen LogP contribution in [-0.4, -0.2) is 58.8 Å². The molecular formula is C11H17N3O5S. The lowest BCUT2D eigenvalue weighted by atomic mass is 10.1. The number of aromatic carboxylic acids is 1. The van der Waals surface area contributed by atoms with E-state index in [0.29, 0.717) is 25.9 Å². The van der Waals surface area contributed by atoms with Crippen molar-refractivity contribution in [2.24, 2.45) is 5.92 Å². The number of aliphatic hydroxyl groups excluding tert-OH is 1. The number of aromatic amines is 1. The third-order valence-corrected chi connectivity index (χ3v) is 5.50. The highest BCUT2D eigenvalue weighted by molar-refractivity contribution is 7.89. The van der Waals surface area contributed by atoms with Gasteiger partial charge in [-0.25, -0.2) is 13.2 Å². The van der Waals surface area contributed by atoms with Crippen LogP contribution in [0.4, 0.5) is 0 Å². The van der Waals surface area contributed by atoms with Gasteiger partial charge in [-0.3, -0.25) is 5.10 Å². The molecule has 20 heavy (non-hydrogen) atoms. The van der Waals surface area contributed by atoms with Crippen LogP contribution in [0.2, 0.25) is 0 Å². The monoisotopic (exact) mass is 303 g/mol. The minimum Gasteiger partial charge on any atom is -0.476 e.